The van der Waals surface area contributed by atoms with Gasteiger partial charge < -0.3 is 4.74 Å². The SMILES string of the molecule is CCOC1(C(NN)c2c(C)cc(C)cc2F)CCCC1. The molecule has 0 spiro atoms. The van der Waals surface area contributed by atoms with Crippen LogP contribution in [-0.4, -0.2) is 12.2 Å². The third-order valence-corrected chi connectivity index (χ3v) is 4.34. The number of aryl methyl sites for hydroxylation is 2. The van der Waals surface area contributed by atoms with Gasteiger partial charge in [0.25, 0.3) is 0 Å². The van der Waals surface area contributed by atoms with Crippen molar-refractivity contribution in [3.05, 3.63) is 34.6 Å². The summed E-state index contributed by atoms with van der Waals surface area (Å²) in [5.74, 6) is 5.58. The van der Waals surface area contributed by atoms with Gasteiger partial charge in [0, 0.05) is 12.2 Å². The first-order valence-electron chi connectivity index (χ1n) is 7.41. The first kappa shape index (κ1) is 15.4. The lowest BCUT2D eigenvalue weighted by Crippen LogP contribution is -2.47. The molecule has 0 aromatic heterocycles. The summed E-state index contributed by atoms with van der Waals surface area (Å²) in [5.41, 5.74) is 4.94. The Bertz CT molecular complexity index is 447. The van der Waals surface area contributed by atoms with Gasteiger partial charge in [0.05, 0.1) is 11.6 Å². The number of hydrazine groups is 1. The summed E-state index contributed by atoms with van der Waals surface area (Å²) in [6, 6.07) is 3.27. The topological polar surface area (TPSA) is 47.3 Å². The predicted octanol–water partition coefficient (Wildman–Crippen LogP) is 3.30. The smallest absolute Gasteiger partial charge is 0.128 e. The van der Waals surface area contributed by atoms with Crippen LogP contribution in [0, 0.1) is 19.7 Å². The fourth-order valence-electron chi connectivity index (χ4n) is 3.57. The Kier molecular flexibility index (Phi) is 4.78. The molecular weight excluding hydrogens is 255 g/mol. The number of hydrogen-bond acceptors (Lipinski definition) is 3. The van der Waals surface area contributed by atoms with Gasteiger partial charge in [-0.05, 0) is 50.8 Å². The third-order valence-electron chi connectivity index (χ3n) is 4.34. The van der Waals surface area contributed by atoms with Gasteiger partial charge in [0.2, 0.25) is 0 Å². The van der Waals surface area contributed by atoms with E-state index in [9.17, 15) is 4.39 Å². The molecule has 1 aliphatic rings. The Morgan fingerprint density at radius 3 is 2.50 bits per heavy atom. The molecule has 112 valence electrons. The Morgan fingerprint density at radius 1 is 1.35 bits per heavy atom. The van der Waals surface area contributed by atoms with E-state index in [1.807, 2.05) is 26.8 Å². The lowest BCUT2D eigenvalue weighted by atomic mass is 9.84. The van der Waals surface area contributed by atoms with Crippen molar-refractivity contribution in [2.75, 3.05) is 6.61 Å². The monoisotopic (exact) mass is 280 g/mol. The Balaban J connectivity index is 2.46. The van der Waals surface area contributed by atoms with Crippen LogP contribution >= 0.6 is 0 Å². The zero-order valence-electron chi connectivity index (χ0n) is 12.6. The molecule has 0 radical (unpaired) electrons. The average Bonchev–Trinajstić information content (AvgIpc) is 2.83. The van der Waals surface area contributed by atoms with Gasteiger partial charge in [-0.1, -0.05) is 18.9 Å². The summed E-state index contributed by atoms with van der Waals surface area (Å²) in [6.45, 7) is 6.43. The molecule has 0 aliphatic heterocycles. The molecule has 0 amide bonds. The minimum absolute atomic E-state index is 0.198. The maximum atomic E-state index is 14.5. The second-order valence-corrected chi connectivity index (χ2v) is 5.78. The minimum atomic E-state index is -0.385. The van der Waals surface area contributed by atoms with Crippen LogP contribution in [-0.2, 0) is 4.74 Å². The molecule has 1 aromatic rings. The highest BCUT2D eigenvalue weighted by atomic mass is 19.1. The van der Waals surface area contributed by atoms with Gasteiger partial charge in [-0.25, -0.2) is 9.82 Å². The van der Waals surface area contributed by atoms with E-state index in [1.54, 1.807) is 6.07 Å². The van der Waals surface area contributed by atoms with Gasteiger partial charge in [-0.15, -0.1) is 0 Å². The second-order valence-electron chi connectivity index (χ2n) is 5.78. The van der Waals surface area contributed by atoms with E-state index >= 15 is 0 Å². The Labute approximate surface area is 120 Å². The van der Waals surface area contributed by atoms with Crippen LogP contribution < -0.4 is 11.3 Å². The zero-order valence-corrected chi connectivity index (χ0v) is 12.6. The summed E-state index contributed by atoms with van der Waals surface area (Å²) in [7, 11) is 0. The minimum Gasteiger partial charge on any atom is -0.373 e. The summed E-state index contributed by atoms with van der Waals surface area (Å²) in [4.78, 5) is 0. The van der Waals surface area contributed by atoms with Gasteiger partial charge in [-0.2, -0.15) is 0 Å². The van der Waals surface area contributed by atoms with Crippen molar-refractivity contribution in [3.8, 4) is 0 Å². The van der Waals surface area contributed by atoms with Crippen LogP contribution in [0.4, 0.5) is 4.39 Å². The molecule has 3 N–H and O–H groups in total. The lowest BCUT2D eigenvalue weighted by molar-refractivity contribution is -0.0636. The van der Waals surface area contributed by atoms with Crippen molar-refractivity contribution < 1.29 is 9.13 Å². The van der Waals surface area contributed by atoms with Crippen LogP contribution in [0.1, 0.15) is 55.3 Å². The summed E-state index contributed by atoms with van der Waals surface area (Å²) in [6.07, 6.45) is 4.04. The quantitative estimate of drug-likeness (QED) is 0.642. The molecule has 0 heterocycles. The van der Waals surface area contributed by atoms with E-state index in [0.717, 1.165) is 36.8 Å². The van der Waals surface area contributed by atoms with Gasteiger partial charge >= 0.3 is 0 Å². The third kappa shape index (κ3) is 2.73. The standard InChI is InChI=1S/C16H25FN2O/c1-4-20-16(7-5-6-8-16)15(19-18)14-12(3)9-11(2)10-13(14)17/h9-10,15,19H,4-8,18H2,1-3H3. The molecule has 1 saturated carbocycles. The van der Waals surface area contributed by atoms with Crippen LogP contribution in [0.5, 0.6) is 0 Å². The molecule has 1 fully saturated rings. The van der Waals surface area contributed by atoms with Gasteiger partial charge in [0.1, 0.15) is 5.82 Å². The number of nitrogens with two attached hydrogens (primary N) is 1. The average molecular weight is 280 g/mol. The largest absolute Gasteiger partial charge is 0.373 e. The number of benzene rings is 1. The maximum absolute atomic E-state index is 14.5. The zero-order chi connectivity index (χ0) is 14.8. The van der Waals surface area contributed by atoms with Gasteiger partial charge in [0.15, 0.2) is 0 Å². The number of nitrogens with one attached hydrogen (secondary N) is 1. The molecule has 4 heteroatoms. The van der Waals surface area contributed by atoms with E-state index in [4.69, 9.17) is 10.6 Å². The van der Waals surface area contributed by atoms with Crippen LogP contribution in [0.3, 0.4) is 0 Å². The van der Waals surface area contributed by atoms with E-state index in [0.29, 0.717) is 12.2 Å². The van der Waals surface area contributed by atoms with Crippen LogP contribution in [0.2, 0.25) is 0 Å². The summed E-state index contributed by atoms with van der Waals surface area (Å²) >= 11 is 0. The summed E-state index contributed by atoms with van der Waals surface area (Å²) in [5, 5.41) is 0. The van der Waals surface area contributed by atoms with Crippen molar-refractivity contribution >= 4 is 0 Å². The fraction of sp³-hybridized carbons (Fsp3) is 0.625. The predicted molar refractivity (Wildman–Crippen MR) is 78.8 cm³/mol. The van der Waals surface area contributed by atoms with Crippen molar-refractivity contribution in [2.24, 2.45) is 5.84 Å². The van der Waals surface area contributed by atoms with Crippen molar-refractivity contribution in [3.63, 3.8) is 0 Å². The van der Waals surface area contributed by atoms with Crippen molar-refractivity contribution in [1.29, 1.82) is 0 Å². The van der Waals surface area contributed by atoms with Crippen molar-refractivity contribution in [1.82, 2.24) is 5.43 Å². The van der Waals surface area contributed by atoms with Gasteiger partial charge in [-0.3, -0.25) is 5.84 Å². The molecule has 1 aromatic carbocycles. The molecule has 20 heavy (non-hydrogen) atoms. The number of halogens is 1. The molecule has 1 atom stereocenters. The number of hydrogen-bond donors (Lipinski definition) is 2. The molecule has 1 unspecified atom stereocenters. The highest BCUT2D eigenvalue weighted by Gasteiger charge is 2.44. The van der Waals surface area contributed by atoms with Crippen molar-refractivity contribution in [2.45, 2.75) is 58.1 Å². The molecule has 2 rings (SSSR count). The van der Waals surface area contributed by atoms with Crippen LogP contribution in [0.15, 0.2) is 12.1 Å². The fourth-order valence-corrected chi connectivity index (χ4v) is 3.57. The normalized spacial score (nSPS) is 19.2. The second kappa shape index (κ2) is 6.20. The first-order valence-corrected chi connectivity index (χ1v) is 7.41. The number of ether oxygens (including phenoxy) is 1. The van der Waals surface area contributed by atoms with E-state index in [-0.39, 0.29) is 17.5 Å². The maximum Gasteiger partial charge on any atom is 0.128 e. The molecular formula is C16H25FN2O. The van der Waals surface area contributed by atoms with Crippen LogP contribution in [0.25, 0.3) is 0 Å². The summed E-state index contributed by atoms with van der Waals surface area (Å²) < 4.78 is 20.5. The Morgan fingerprint density at radius 2 is 2.00 bits per heavy atom. The van der Waals surface area contributed by atoms with E-state index in [2.05, 4.69) is 5.43 Å². The molecule has 1 aliphatic carbocycles. The Hall–Kier alpha value is -0.970. The first-order chi connectivity index (χ1) is 9.54. The van der Waals surface area contributed by atoms with E-state index < -0.39 is 0 Å². The highest BCUT2D eigenvalue weighted by Crippen LogP contribution is 2.44. The number of rotatable bonds is 5. The van der Waals surface area contributed by atoms with E-state index in [1.165, 1.54) is 0 Å². The molecule has 3 nitrogen and oxygen atoms in total. The molecule has 0 bridgehead atoms. The molecule has 0 saturated heterocycles. The highest BCUT2D eigenvalue weighted by molar-refractivity contribution is 5.36. The lowest BCUT2D eigenvalue weighted by Gasteiger charge is -2.38.